The van der Waals surface area contributed by atoms with Crippen molar-refractivity contribution in [2.75, 3.05) is 6.54 Å². The zero-order chi connectivity index (χ0) is 9.68. The van der Waals surface area contributed by atoms with Crippen LogP contribution in [-0.2, 0) is 6.54 Å². The lowest BCUT2D eigenvalue weighted by atomic mass is 10.1. The Kier molecular flexibility index (Phi) is 3.89. The number of rotatable bonds is 5. The molecule has 1 rings (SSSR count). The summed E-state index contributed by atoms with van der Waals surface area (Å²) in [5.74, 6) is 0.493. The summed E-state index contributed by atoms with van der Waals surface area (Å²) in [5, 5.41) is 7.94. The van der Waals surface area contributed by atoms with E-state index in [1.54, 1.807) is 0 Å². The van der Waals surface area contributed by atoms with Crippen LogP contribution in [0.5, 0.6) is 0 Å². The lowest BCUT2D eigenvalue weighted by Gasteiger charge is -2.07. The van der Waals surface area contributed by atoms with E-state index in [0.29, 0.717) is 5.92 Å². The Morgan fingerprint density at radius 2 is 2.23 bits per heavy atom. The summed E-state index contributed by atoms with van der Waals surface area (Å²) >= 11 is 0. The second kappa shape index (κ2) is 4.97. The molecule has 4 heteroatoms. The molecule has 0 amide bonds. The van der Waals surface area contributed by atoms with Crippen LogP contribution in [0.1, 0.15) is 38.3 Å². The van der Waals surface area contributed by atoms with E-state index in [4.69, 9.17) is 5.73 Å². The zero-order valence-electron chi connectivity index (χ0n) is 8.40. The van der Waals surface area contributed by atoms with Crippen molar-refractivity contribution in [1.29, 1.82) is 0 Å². The van der Waals surface area contributed by atoms with Crippen LogP contribution in [0.3, 0.4) is 0 Å². The first-order valence-electron chi connectivity index (χ1n) is 4.84. The van der Waals surface area contributed by atoms with E-state index < -0.39 is 0 Å². The highest BCUT2D eigenvalue weighted by Crippen LogP contribution is 2.12. The number of nitrogens with two attached hydrogens (primary N) is 1. The average molecular weight is 182 g/mol. The lowest BCUT2D eigenvalue weighted by Crippen LogP contribution is -2.08. The van der Waals surface area contributed by atoms with Crippen LogP contribution in [0.2, 0.25) is 0 Å². The van der Waals surface area contributed by atoms with Crippen LogP contribution in [-0.4, -0.2) is 21.5 Å². The summed E-state index contributed by atoms with van der Waals surface area (Å²) in [6.45, 7) is 5.99. The van der Waals surface area contributed by atoms with E-state index in [-0.39, 0.29) is 0 Å². The van der Waals surface area contributed by atoms with Crippen LogP contribution in [0.15, 0.2) is 6.20 Å². The first kappa shape index (κ1) is 10.2. The van der Waals surface area contributed by atoms with Gasteiger partial charge in [0.25, 0.3) is 0 Å². The smallest absolute Gasteiger partial charge is 0.0727 e. The second-order valence-corrected chi connectivity index (χ2v) is 3.53. The van der Waals surface area contributed by atoms with E-state index in [1.165, 1.54) is 5.69 Å². The van der Waals surface area contributed by atoms with Crippen LogP contribution in [0.4, 0.5) is 0 Å². The lowest BCUT2D eigenvalue weighted by molar-refractivity contribution is 0.516. The highest BCUT2D eigenvalue weighted by atomic mass is 15.4. The molecule has 0 aliphatic heterocycles. The third-order valence-corrected chi connectivity index (χ3v) is 2.06. The van der Waals surface area contributed by atoms with Gasteiger partial charge >= 0.3 is 0 Å². The molecule has 1 heterocycles. The Balaban J connectivity index is 2.50. The largest absolute Gasteiger partial charge is 0.330 e. The summed E-state index contributed by atoms with van der Waals surface area (Å²) in [4.78, 5) is 0. The Morgan fingerprint density at radius 3 is 2.85 bits per heavy atom. The van der Waals surface area contributed by atoms with Gasteiger partial charge in [0.15, 0.2) is 0 Å². The van der Waals surface area contributed by atoms with E-state index in [1.807, 2.05) is 10.9 Å². The number of aryl methyl sites for hydroxylation is 1. The van der Waals surface area contributed by atoms with Gasteiger partial charge in [0.1, 0.15) is 0 Å². The Morgan fingerprint density at radius 1 is 1.46 bits per heavy atom. The minimum Gasteiger partial charge on any atom is -0.330 e. The topological polar surface area (TPSA) is 56.7 Å². The summed E-state index contributed by atoms with van der Waals surface area (Å²) in [7, 11) is 0. The molecule has 0 fully saturated rings. The Bertz CT molecular complexity index is 242. The zero-order valence-corrected chi connectivity index (χ0v) is 8.40. The van der Waals surface area contributed by atoms with Gasteiger partial charge in [0.2, 0.25) is 0 Å². The maximum atomic E-state index is 5.42. The van der Waals surface area contributed by atoms with Gasteiger partial charge in [0.05, 0.1) is 11.9 Å². The van der Waals surface area contributed by atoms with Gasteiger partial charge in [-0.2, -0.15) is 0 Å². The molecule has 1 aromatic rings. The maximum absolute atomic E-state index is 5.42. The fraction of sp³-hybridized carbons (Fsp3) is 0.778. The highest BCUT2D eigenvalue weighted by Gasteiger charge is 2.06. The first-order chi connectivity index (χ1) is 6.25. The predicted octanol–water partition coefficient (Wildman–Crippen LogP) is 1.14. The SMILES string of the molecule is CC(C)c1cnnn1CCCCN. The van der Waals surface area contributed by atoms with Gasteiger partial charge in [-0.3, -0.25) is 0 Å². The van der Waals surface area contributed by atoms with Crippen molar-refractivity contribution < 1.29 is 0 Å². The quantitative estimate of drug-likeness (QED) is 0.695. The minimum absolute atomic E-state index is 0.493. The van der Waals surface area contributed by atoms with Gasteiger partial charge in [-0.05, 0) is 25.3 Å². The number of hydrogen-bond donors (Lipinski definition) is 1. The van der Waals surface area contributed by atoms with Gasteiger partial charge in [-0.1, -0.05) is 19.1 Å². The van der Waals surface area contributed by atoms with Crippen molar-refractivity contribution in [3.05, 3.63) is 11.9 Å². The van der Waals surface area contributed by atoms with Crippen LogP contribution < -0.4 is 5.73 Å². The third-order valence-electron chi connectivity index (χ3n) is 2.06. The normalized spacial score (nSPS) is 11.1. The standard InChI is InChI=1S/C9H18N4/c1-8(2)9-7-11-12-13(9)6-4-3-5-10/h7-8H,3-6,10H2,1-2H3. The van der Waals surface area contributed by atoms with Gasteiger partial charge in [-0.15, -0.1) is 5.10 Å². The second-order valence-electron chi connectivity index (χ2n) is 3.53. The molecule has 0 saturated heterocycles. The Hall–Kier alpha value is -0.900. The minimum atomic E-state index is 0.493. The number of unbranched alkanes of at least 4 members (excludes halogenated alkanes) is 1. The molecular formula is C9H18N4. The van der Waals surface area contributed by atoms with Crippen LogP contribution >= 0.6 is 0 Å². The van der Waals surface area contributed by atoms with Crippen molar-refractivity contribution in [1.82, 2.24) is 15.0 Å². The van der Waals surface area contributed by atoms with E-state index in [9.17, 15) is 0 Å². The van der Waals surface area contributed by atoms with Crippen LogP contribution in [0, 0.1) is 0 Å². The maximum Gasteiger partial charge on any atom is 0.0727 e. The van der Waals surface area contributed by atoms with Gasteiger partial charge in [0, 0.05) is 6.54 Å². The molecule has 4 nitrogen and oxygen atoms in total. The summed E-state index contributed by atoms with van der Waals surface area (Å²) < 4.78 is 1.97. The van der Waals surface area contributed by atoms with E-state index >= 15 is 0 Å². The summed E-state index contributed by atoms with van der Waals surface area (Å²) in [6, 6.07) is 0. The average Bonchev–Trinajstić information content (AvgIpc) is 2.53. The first-order valence-corrected chi connectivity index (χ1v) is 4.84. The molecule has 13 heavy (non-hydrogen) atoms. The number of aromatic nitrogens is 3. The molecule has 74 valence electrons. The fourth-order valence-electron chi connectivity index (χ4n) is 1.29. The van der Waals surface area contributed by atoms with Crippen molar-refractivity contribution in [2.45, 2.75) is 39.2 Å². The Labute approximate surface area is 79.1 Å². The molecule has 0 spiro atoms. The molecule has 0 aliphatic carbocycles. The van der Waals surface area contributed by atoms with Crippen molar-refractivity contribution in [3.8, 4) is 0 Å². The monoisotopic (exact) mass is 182 g/mol. The van der Waals surface area contributed by atoms with Crippen molar-refractivity contribution in [2.24, 2.45) is 5.73 Å². The third kappa shape index (κ3) is 2.81. The molecule has 0 bridgehead atoms. The molecule has 1 aromatic heterocycles. The highest BCUT2D eigenvalue weighted by molar-refractivity contribution is 4.99. The van der Waals surface area contributed by atoms with Gasteiger partial charge in [-0.25, -0.2) is 4.68 Å². The van der Waals surface area contributed by atoms with Crippen LogP contribution in [0.25, 0.3) is 0 Å². The van der Waals surface area contributed by atoms with E-state index in [0.717, 1.165) is 25.9 Å². The molecule has 0 aromatic carbocycles. The molecular weight excluding hydrogens is 164 g/mol. The fourth-order valence-corrected chi connectivity index (χ4v) is 1.29. The number of hydrogen-bond acceptors (Lipinski definition) is 3. The van der Waals surface area contributed by atoms with Gasteiger partial charge < -0.3 is 5.73 Å². The van der Waals surface area contributed by atoms with E-state index in [2.05, 4.69) is 24.2 Å². The molecule has 0 saturated carbocycles. The van der Waals surface area contributed by atoms with Crippen molar-refractivity contribution >= 4 is 0 Å². The van der Waals surface area contributed by atoms with Crippen molar-refractivity contribution in [3.63, 3.8) is 0 Å². The predicted molar refractivity (Wildman–Crippen MR) is 52.4 cm³/mol. The number of nitrogens with zero attached hydrogens (tertiary/aromatic N) is 3. The summed E-state index contributed by atoms with van der Waals surface area (Å²) in [6.07, 6.45) is 3.98. The molecule has 0 aliphatic rings. The molecule has 2 N–H and O–H groups in total. The molecule has 0 unspecified atom stereocenters. The summed E-state index contributed by atoms with van der Waals surface area (Å²) in [5.41, 5.74) is 6.63. The molecule has 0 radical (unpaired) electrons. The molecule has 0 atom stereocenters.